The fraction of sp³-hybridized carbons (Fsp3) is 0.125. The van der Waals surface area contributed by atoms with Gasteiger partial charge in [0.1, 0.15) is 17.7 Å². The number of allylic oxidation sites excluding steroid dienone is 4. The Morgan fingerprint density at radius 1 is 1.21 bits per heavy atom. The minimum Gasteiger partial charge on any atom is -0.341 e. The number of hydrogen-bond donors (Lipinski definition) is 0. The number of hydrogen-bond acceptors (Lipinski definition) is 3. The third-order valence-corrected chi connectivity index (χ3v) is 2.95. The van der Waals surface area contributed by atoms with Crippen LogP contribution >= 0.6 is 0 Å². The van der Waals surface area contributed by atoms with Gasteiger partial charge in [-0.15, -0.1) is 0 Å². The lowest BCUT2D eigenvalue weighted by atomic mass is 10.1. The highest BCUT2D eigenvalue weighted by molar-refractivity contribution is 5.76. The first-order valence-electron chi connectivity index (χ1n) is 6.07. The highest BCUT2D eigenvalue weighted by atomic mass is 15.1. The van der Waals surface area contributed by atoms with Crippen LogP contribution in [0.5, 0.6) is 0 Å². The summed E-state index contributed by atoms with van der Waals surface area (Å²) in [6.45, 7) is 2.90. The number of likely N-dealkylation sites (N-methyl/N-ethyl adjacent to an activating group) is 1. The smallest absolute Gasteiger partial charge is 0.129 e. The van der Waals surface area contributed by atoms with Crippen LogP contribution in [0.1, 0.15) is 12.5 Å². The zero-order chi connectivity index (χ0) is 13.7. The van der Waals surface area contributed by atoms with Crippen LogP contribution in [0.2, 0.25) is 0 Å². The van der Waals surface area contributed by atoms with Crippen molar-refractivity contribution in [3.63, 3.8) is 0 Å². The molecule has 1 aliphatic rings. The molecule has 0 atom stereocenters. The molecule has 1 aromatic rings. The highest BCUT2D eigenvalue weighted by Gasteiger charge is 2.14. The number of benzene rings is 1. The summed E-state index contributed by atoms with van der Waals surface area (Å²) >= 11 is 0. The van der Waals surface area contributed by atoms with Gasteiger partial charge in [0.05, 0.1) is 0 Å². The molecule has 3 nitrogen and oxygen atoms in total. The van der Waals surface area contributed by atoms with E-state index in [1.165, 1.54) is 5.56 Å². The van der Waals surface area contributed by atoms with Gasteiger partial charge in [-0.2, -0.15) is 10.5 Å². The van der Waals surface area contributed by atoms with E-state index in [4.69, 9.17) is 10.5 Å². The Morgan fingerprint density at radius 3 is 2.63 bits per heavy atom. The van der Waals surface area contributed by atoms with E-state index in [9.17, 15) is 0 Å². The van der Waals surface area contributed by atoms with E-state index in [2.05, 4.69) is 24.0 Å². The van der Waals surface area contributed by atoms with Crippen molar-refractivity contribution in [3.05, 3.63) is 59.3 Å². The van der Waals surface area contributed by atoms with Gasteiger partial charge in [-0.1, -0.05) is 24.3 Å². The van der Waals surface area contributed by atoms with E-state index in [1.807, 2.05) is 36.4 Å². The molecule has 0 amide bonds. The number of para-hydroxylation sites is 1. The van der Waals surface area contributed by atoms with Crippen LogP contribution in [-0.4, -0.2) is 6.54 Å². The van der Waals surface area contributed by atoms with Crippen molar-refractivity contribution in [1.82, 2.24) is 0 Å². The van der Waals surface area contributed by atoms with Gasteiger partial charge in [-0.25, -0.2) is 0 Å². The first-order valence-corrected chi connectivity index (χ1v) is 6.07. The molecule has 1 heterocycles. The van der Waals surface area contributed by atoms with Crippen LogP contribution in [0.25, 0.3) is 6.08 Å². The van der Waals surface area contributed by atoms with E-state index in [0.29, 0.717) is 0 Å². The predicted molar refractivity (Wildman–Crippen MR) is 75.9 cm³/mol. The van der Waals surface area contributed by atoms with E-state index in [1.54, 1.807) is 12.2 Å². The Kier molecular flexibility index (Phi) is 3.81. The molecule has 0 saturated carbocycles. The van der Waals surface area contributed by atoms with Gasteiger partial charge < -0.3 is 4.90 Å². The summed E-state index contributed by atoms with van der Waals surface area (Å²) in [5, 5.41) is 17.5. The monoisotopic (exact) mass is 247 g/mol. The van der Waals surface area contributed by atoms with Gasteiger partial charge in [-0.3, -0.25) is 0 Å². The van der Waals surface area contributed by atoms with Crippen molar-refractivity contribution < 1.29 is 0 Å². The van der Waals surface area contributed by atoms with Gasteiger partial charge in [0.2, 0.25) is 0 Å². The van der Waals surface area contributed by atoms with E-state index >= 15 is 0 Å². The maximum Gasteiger partial charge on any atom is 0.129 e. The minimum absolute atomic E-state index is 0.107. The zero-order valence-electron chi connectivity index (χ0n) is 10.7. The van der Waals surface area contributed by atoms with E-state index < -0.39 is 0 Å². The summed E-state index contributed by atoms with van der Waals surface area (Å²) in [5.74, 6) is 0. The topological polar surface area (TPSA) is 50.8 Å². The van der Waals surface area contributed by atoms with Gasteiger partial charge in [0.25, 0.3) is 0 Å². The molecule has 0 spiro atoms. The van der Waals surface area contributed by atoms with Crippen molar-refractivity contribution in [1.29, 1.82) is 10.5 Å². The van der Waals surface area contributed by atoms with E-state index in [0.717, 1.165) is 17.9 Å². The van der Waals surface area contributed by atoms with Crippen molar-refractivity contribution in [3.8, 4) is 12.1 Å². The second-order valence-electron chi connectivity index (χ2n) is 4.03. The van der Waals surface area contributed by atoms with Crippen LogP contribution in [0.3, 0.4) is 0 Å². The molecule has 1 aromatic carbocycles. The van der Waals surface area contributed by atoms with Gasteiger partial charge >= 0.3 is 0 Å². The lowest BCUT2D eigenvalue weighted by Crippen LogP contribution is -2.23. The maximum absolute atomic E-state index is 8.73. The van der Waals surface area contributed by atoms with Crippen molar-refractivity contribution >= 4 is 11.8 Å². The number of anilines is 1. The molecular weight excluding hydrogens is 234 g/mol. The molecule has 0 aromatic heterocycles. The lowest BCUT2D eigenvalue weighted by Gasteiger charge is -2.29. The van der Waals surface area contributed by atoms with Crippen LogP contribution < -0.4 is 4.90 Å². The van der Waals surface area contributed by atoms with Gasteiger partial charge in [0, 0.05) is 17.9 Å². The first-order chi connectivity index (χ1) is 9.30. The summed E-state index contributed by atoms with van der Waals surface area (Å²) in [5.41, 5.74) is 3.40. The van der Waals surface area contributed by atoms with Crippen LogP contribution in [-0.2, 0) is 0 Å². The molecule has 3 heteroatoms. The number of nitrogens with zero attached hydrogens (tertiary/aromatic N) is 3. The predicted octanol–water partition coefficient (Wildman–Crippen LogP) is 3.40. The standard InChI is InChI=1S/C16H13N3/c1-2-19-15(9-7-13(11-17)12-18)10-8-14-5-3-4-6-16(14)19/h3-10H,2H2,1H3. The second kappa shape index (κ2) is 5.71. The first kappa shape index (κ1) is 12.7. The van der Waals surface area contributed by atoms with Crippen LogP contribution in [0.4, 0.5) is 5.69 Å². The van der Waals surface area contributed by atoms with Gasteiger partial charge in [-0.05, 0) is 36.8 Å². The SMILES string of the molecule is CCN1C(=CC=C(C#N)C#N)C=Cc2ccccc21. The molecule has 2 rings (SSSR count). The summed E-state index contributed by atoms with van der Waals surface area (Å²) in [7, 11) is 0. The van der Waals surface area contributed by atoms with Crippen molar-refractivity contribution in [2.75, 3.05) is 11.4 Å². The summed E-state index contributed by atoms with van der Waals surface area (Å²) < 4.78 is 0. The second-order valence-corrected chi connectivity index (χ2v) is 4.03. The maximum atomic E-state index is 8.73. The van der Waals surface area contributed by atoms with Crippen LogP contribution in [0, 0.1) is 22.7 Å². The largest absolute Gasteiger partial charge is 0.341 e. The summed E-state index contributed by atoms with van der Waals surface area (Å²) in [6.07, 6.45) is 7.39. The summed E-state index contributed by atoms with van der Waals surface area (Å²) in [6, 6.07) is 11.9. The Morgan fingerprint density at radius 2 is 1.95 bits per heavy atom. The molecule has 0 bridgehead atoms. The minimum atomic E-state index is 0.107. The molecule has 0 fully saturated rings. The van der Waals surface area contributed by atoms with E-state index in [-0.39, 0.29) is 5.57 Å². The molecule has 0 N–H and O–H groups in total. The summed E-state index contributed by atoms with van der Waals surface area (Å²) in [4.78, 5) is 2.15. The normalized spacial score (nSPS) is 14.5. The lowest BCUT2D eigenvalue weighted by molar-refractivity contribution is 0.971. The molecule has 0 aliphatic carbocycles. The average molecular weight is 247 g/mol. The number of rotatable bonds is 2. The zero-order valence-corrected chi connectivity index (χ0v) is 10.7. The fourth-order valence-electron chi connectivity index (χ4n) is 2.05. The molecule has 0 unspecified atom stereocenters. The Labute approximate surface area is 113 Å². The molecule has 19 heavy (non-hydrogen) atoms. The Hall–Kier alpha value is -2.78. The van der Waals surface area contributed by atoms with Crippen molar-refractivity contribution in [2.45, 2.75) is 6.92 Å². The Bertz CT molecular complexity index is 635. The molecule has 0 saturated heterocycles. The third-order valence-electron chi connectivity index (χ3n) is 2.95. The molecule has 0 radical (unpaired) electrons. The third kappa shape index (κ3) is 2.56. The molecule has 1 aliphatic heterocycles. The quantitative estimate of drug-likeness (QED) is 0.752. The highest BCUT2D eigenvalue weighted by Crippen LogP contribution is 2.30. The number of fused-ring (bicyclic) bond motifs is 1. The van der Waals surface area contributed by atoms with Crippen LogP contribution in [0.15, 0.2) is 53.8 Å². The fourth-order valence-corrected chi connectivity index (χ4v) is 2.05. The van der Waals surface area contributed by atoms with Gasteiger partial charge in [0.15, 0.2) is 0 Å². The molecule has 92 valence electrons. The Balaban J connectivity index is 2.41. The average Bonchev–Trinajstić information content (AvgIpc) is 2.47. The number of nitriles is 2. The van der Waals surface area contributed by atoms with Crippen molar-refractivity contribution in [2.24, 2.45) is 0 Å². The molecular formula is C16H13N3.